The molecule has 1 heterocycles. The van der Waals surface area contributed by atoms with E-state index in [9.17, 15) is 18.4 Å². The summed E-state index contributed by atoms with van der Waals surface area (Å²) < 4.78 is 24.9. The van der Waals surface area contributed by atoms with Gasteiger partial charge in [-0.2, -0.15) is 5.06 Å². The highest BCUT2D eigenvalue weighted by atomic mass is 19.2. The molecule has 1 saturated heterocycles. The van der Waals surface area contributed by atoms with E-state index in [0.717, 1.165) is 62.6 Å². The first-order valence-electron chi connectivity index (χ1n) is 15.9. The van der Waals surface area contributed by atoms with Gasteiger partial charge in [0.15, 0.2) is 11.6 Å². The van der Waals surface area contributed by atoms with Crippen molar-refractivity contribution in [1.29, 1.82) is 0 Å². The Morgan fingerprint density at radius 1 is 1.07 bits per heavy atom. The van der Waals surface area contributed by atoms with E-state index in [2.05, 4.69) is 59.4 Å². The number of nitrogens with one attached hydrogen (secondary N) is 2. The second kappa shape index (κ2) is 26.3. The van der Waals surface area contributed by atoms with Gasteiger partial charge in [0.25, 0.3) is 0 Å². The summed E-state index contributed by atoms with van der Waals surface area (Å²) in [6.07, 6.45) is 9.42. The molecular formula is C35H56F2N4O3. The predicted octanol–water partition coefficient (Wildman–Crippen LogP) is 6.93. The molecule has 2 aromatic rings. The van der Waals surface area contributed by atoms with E-state index in [4.69, 9.17) is 5.21 Å². The van der Waals surface area contributed by atoms with Crippen LogP contribution in [0.15, 0.2) is 61.2 Å². The molecule has 3 N–H and O–H groups in total. The zero-order valence-corrected chi connectivity index (χ0v) is 27.5. The summed E-state index contributed by atoms with van der Waals surface area (Å²) in [6.45, 7) is 16.4. The minimum Gasteiger partial charge on any atom is -0.355 e. The second-order valence-corrected chi connectivity index (χ2v) is 10.4. The average Bonchev–Trinajstić information content (AvgIpc) is 3.78. The topological polar surface area (TPSA) is 84.9 Å². The molecule has 9 heteroatoms. The van der Waals surface area contributed by atoms with Crippen LogP contribution in [0.4, 0.5) is 8.78 Å². The van der Waals surface area contributed by atoms with Gasteiger partial charge in [0, 0.05) is 51.6 Å². The number of carbonyl (C=O) groups excluding carboxylic acids is 2. The molecule has 2 aromatic carbocycles. The molecule has 1 aliphatic heterocycles. The molecule has 2 fully saturated rings. The molecule has 0 aromatic heterocycles. The summed E-state index contributed by atoms with van der Waals surface area (Å²) >= 11 is 0. The molecule has 248 valence electrons. The minimum atomic E-state index is -0.903. The van der Waals surface area contributed by atoms with Crippen LogP contribution in [0.3, 0.4) is 0 Å². The van der Waals surface area contributed by atoms with E-state index in [1.165, 1.54) is 30.9 Å². The highest BCUT2D eigenvalue weighted by molar-refractivity contribution is 5.79. The molecule has 0 bridgehead atoms. The summed E-state index contributed by atoms with van der Waals surface area (Å²) in [5.74, 6) is -0.480. The van der Waals surface area contributed by atoms with Gasteiger partial charge in [0.1, 0.15) is 0 Å². The van der Waals surface area contributed by atoms with Crippen LogP contribution in [-0.2, 0) is 16.1 Å². The Bertz CT molecular complexity index is 1020. The minimum absolute atomic E-state index is 0.209. The van der Waals surface area contributed by atoms with Crippen LogP contribution in [0, 0.1) is 17.6 Å². The maximum absolute atomic E-state index is 12.5. The van der Waals surface area contributed by atoms with Crippen LogP contribution >= 0.6 is 0 Å². The first-order chi connectivity index (χ1) is 21.3. The largest absolute Gasteiger partial charge is 0.355 e. The fourth-order valence-corrected chi connectivity index (χ4v) is 4.58. The van der Waals surface area contributed by atoms with Crippen molar-refractivity contribution < 1.29 is 23.6 Å². The summed E-state index contributed by atoms with van der Waals surface area (Å²) in [5.41, 5.74) is 1.92. The van der Waals surface area contributed by atoms with Gasteiger partial charge in [-0.05, 0) is 55.5 Å². The maximum atomic E-state index is 12.5. The molecule has 0 spiro atoms. The number of likely N-dealkylation sites (tertiary alicyclic amines) is 1. The zero-order chi connectivity index (χ0) is 33.2. The molecule has 0 radical (unpaired) electrons. The first-order valence-corrected chi connectivity index (χ1v) is 15.9. The monoisotopic (exact) mass is 618 g/mol. The van der Waals surface area contributed by atoms with Gasteiger partial charge < -0.3 is 20.7 Å². The van der Waals surface area contributed by atoms with Gasteiger partial charge in [-0.25, -0.2) is 8.78 Å². The standard InChI is InChI=1S/C16H21NO.C8H7F2NO.C6H13N.C3H9NO.C2H6/c18-16(14-8-4-5-9-14)17-11-10-15(12-17)13-6-2-1-3-7-13;9-7-2-1-6(3-8(7)10)4-11-5-12;1-3-5-7-6-4-2;1-3-4(2)5;1-2/h1-3,6-7,14-15H,4-5,8-12H2;1-3,5H,4H2,(H,11,12);3,7H,1,4-6H2,2H3;5H,3H2,1-2H3;1-2H3. The van der Waals surface area contributed by atoms with E-state index < -0.39 is 11.6 Å². The highest BCUT2D eigenvalue weighted by Gasteiger charge is 2.32. The van der Waals surface area contributed by atoms with E-state index >= 15 is 0 Å². The smallest absolute Gasteiger partial charge is 0.225 e. The number of nitrogens with zero attached hydrogens (tertiary/aromatic N) is 2. The summed E-state index contributed by atoms with van der Waals surface area (Å²) in [5, 5.41) is 14.8. The number of hydrogen-bond acceptors (Lipinski definition) is 5. The summed E-state index contributed by atoms with van der Waals surface area (Å²) in [4.78, 5) is 24.3. The second-order valence-electron chi connectivity index (χ2n) is 10.4. The number of carbonyl (C=O) groups is 2. The lowest BCUT2D eigenvalue weighted by molar-refractivity contribution is -0.134. The van der Waals surface area contributed by atoms with Crippen molar-refractivity contribution in [3.8, 4) is 0 Å². The van der Waals surface area contributed by atoms with Crippen LogP contribution in [0.1, 0.15) is 83.3 Å². The number of rotatable bonds is 10. The number of hydroxylamine groups is 2. The number of hydrogen-bond donors (Lipinski definition) is 3. The molecule has 1 aliphatic carbocycles. The van der Waals surface area contributed by atoms with Crippen molar-refractivity contribution in [3.63, 3.8) is 0 Å². The predicted molar refractivity (Wildman–Crippen MR) is 176 cm³/mol. The van der Waals surface area contributed by atoms with E-state index in [1.54, 1.807) is 7.05 Å². The lowest BCUT2D eigenvalue weighted by Gasteiger charge is -2.20. The van der Waals surface area contributed by atoms with Gasteiger partial charge in [-0.1, -0.05) is 83.0 Å². The third-order valence-corrected chi connectivity index (χ3v) is 7.02. The van der Waals surface area contributed by atoms with Crippen LogP contribution < -0.4 is 10.6 Å². The Hall–Kier alpha value is -3.14. The van der Waals surface area contributed by atoms with Crippen LogP contribution in [0.5, 0.6) is 0 Å². The molecule has 1 saturated carbocycles. The lowest BCUT2D eigenvalue weighted by Crippen LogP contribution is -2.33. The number of halogens is 2. The third kappa shape index (κ3) is 17.9. The van der Waals surface area contributed by atoms with Gasteiger partial charge in [-0.15, -0.1) is 6.58 Å². The maximum Gasteiger partial charge on any atom is 0.225 e. The van der Waals surface area contributed by atoms with Crippen molar-refractivity contribution in [2.45, 2.75) is 78.7 Å². The average molecular weight is 619 g/mol. The van der Waals surface area contributed by atoms with Crippen molar-refractivity contribution in [2.24, 2.45) is 5.92 Å². The summed E-state index contributed by atoms with van der Waals surface area (Å²) in [6, 6.07) is 14.1. The SMILES string of the molecule is C=CCNCCC.CC.CCN(C)O.O=C(C1CCCC1)N1CCC(c2ccccc2)C1.O=CNCc1ccc(F)c(F)c1. The van der Waals surface area contributed by atoms with E-state index in [-0.39, 0.29) is 6.54 Å². The molecule has 2 amide bonds. The molecular weight excluding hydrogens is 562 g/mol. The Balaban J connectivity index is 0.000000616. The normalized spacial score (nSPS) is 15.3. The Morgan fingerprint density at radius 2 is 1.70 bits per heavy atom. The lowest BCUT2D eigenvalue weighted by atomic mass is 9.99. The summed E-state index contributed by atoms with van der Waals surface area (Å²) in [7, 11) is 1.61. The van der Waals surface area contributed by atoms with Gasteiger partial charge in [0.05, 0.1) is 0 Å². The molecule has 7 nitrogen and oxygen atoms in total. The molecule has 1 unspecified atom stereocenters. The Morgan fingerprint density at radius 3 is 2.23 bits per heavy atom. The van der Waals surface area contributed by atoms with Gasteiger partial charge >= 0.3 is 0 Å². The highest BCUT2D eigenvalue weighted by Crippen LogP contribution is 2.32. The quantitative estimate of drug-likeness (QED) is 0.116. The van der Waals surface area contributed by atoms with Crippen molar-refractivity contribution in [3.05, 3.63) is 83.9 Å². The van der Waals surface area contributed by atoms with Crippen LogP contribution in [0.2, 0.25) is 0 Å². The number of benzene rings is 2. The van der Waals surface area contributed by atoms with E-state index in [1.807, 2.05) is 26.8 Å². The molecule has 1 atom stereocenters. The zero-order valence-electron chi connectivity index (χ0n) is 27.5. The fraction of sp³-hybridized carbons (Fsp3) is 0.543. The van der Waals surface area contributed by atoms with Crippen LogP contribution in [0.25, 0.3) is 0 Å². The molecule has 44 heavy (non-hydrogen) atoms. The van der Waals surface area contributed by atoms with E-state index in [0.29, 0.717) is 36.3 Å². The third-order valence-electron chi connectivity index (χ3n) is 7.02. The van der Waals surface area contributed by atoms with Gasteiger partial charge in [-0.3, -0.25) is 9.59 Å². The fourth-order valence-electron chi connectivity index (χ4n) is 4.58. The molecule has 4 rings (SSSR count). The number of amides is 2. The van der Waals surface area contributed by atoms with Gasteiger partial charge in [0.2, 0.25) is 12.3 Å². The Kier molecular flexibility index (Phi) is 24.4. The van der Waals surface area contributed by atoms with Crippen LogP contribution in [-0.4, -0.2) is 67.3 Å². The Labute approximate surface area is 264 Å². The van der Waals surface area contributed by atoms with Crippen molar-refractivity contribution >= 4 is 12.3 Å². The first kappa shape index (κ1) is 40.9. The molecule has 2 aliphatic rings. The van der Waals surface area contributed by atoms with Crippen molar-refractivity contribution in [1.82, 2.24) is 20.6 Å². The van der Waals surface area contributed by atoms with Crippen molar-refractivity contribution in [2.75, 3.05) is 39.8 Å².